The number of amides is 2. The molecule has 1 rings (SSSR count). The number of urea groups is 1. The highest BCUT2D eigenvalue weighted by atomic mass is 16.4. The molecule has 0 aliphatic heterocycles. The lowest BCUT2D eigenvalue weighted by atomic mass is 10.1. The first-order chi connectivity index (χ1) is 9.17. The van der Waals surface area contributed by atoms with Gasteiger partial charge in [-0.25, -0.2) is 9.59 Å². The first-order valence-electron chi connectivity index (χ1n) is 6.27. The molecule has 1 aromatic rings. The van der Waals surface area contributed by atoms with Crippen LogP contribution in [0.25, 0.3) is 0 Å². The first-order valence-corrected chi connectivity index (χ1v) is 6.27. The fourth-order valence-electron chi connectivity index (χ4n) is 1.60. The van der Waals surface area contributed by atoms with E-state index in [0.717, 1.165) is 0 Å². The van der Waals surface area contributed by atoms with Gasteiger partial charge in [0.05, 0.1) is 0 Å². The molecule has 4 N–H and O–H groups in total. The number of aromatic hydroxyl groups is 1. The minimum atomic E-state index is -1.11. The second kappa shape index (κ2) is 6.27. The van der Waals surface area contributed by atoms with E-state index >= 15 is 0 Å². The van der Waals surface area contributed by atoms with Gasteiger partial charge in [0.25, 0.3) is 0 Å². The fraction of sp³-hybridized carbons (Fsp3) is 0.429. The van der Waals surface area contributed by atoms with Crippen LogP contribution < -0.4 is 10.6 Å². The molecule has 6 heteroatoms. The Hall–Kier alpha value is -2.24. The largest absolute Gasteiger partial charge is 0.508 e. The summed E-state index contributed by atoms with van der Waals surface area (Å²) in [5.74, 6) is -0.999. The summed E-state index contributed by atoms with van der Waals surface area (Å²) in [6, 6.07) is 4.64. The number of carboxylic acids is 1. The van der Waals surface area contributed by atoms with Crippen molar-refractivity contribution in [3.05, 3.63) is 29.8 Å². The van der Waals surface area contributed by atoms with Crippen LogP contribution in [0.15, 0.2) is 24.3 Å². The molecule has 2 amide bonds. The Morgan fingerprint density at radius 3 is 2.20 bits per heavy atom. The molecule has 1 aromatic carbocycles. The lowest BCUT2D eigenvalue weighted by molar-refractivity contribution is -0.139. The van der Waals surface area contributed by atoms with Gasteiger partial charge in [-0.3, -0.25) is 0 Å². The van der Waals surface area contributed by atoms with Gasteiger partial charge in [-0.2, -0.15) is 0 Å². The number of phenolic OH excluding ortho intramolecular Hbond substituents is 1. The summed E-state index contributed by atoms with van der Waals surface area (Å²) in [5.41, 5.74) is 0.275. The van der Waals surface area contributed by atoms with Gasteiger partial charge >= 0.3 is 12.0 Å². The van der Waals surface area contributed by atoms with Gasteiger partial charge in [0.15, 0.2) is 0 Å². The third-order valence-electron chi connectivity index (χ3n) is 2.47. The third kappa shape index (κ3) is 5.60. The molecule has 110 valence electrons. The number of hydrogen-bond acceptors (Lipinski definition) is 3. The summed E-state index contributed by atoms with van der Waals surface area (Å²) in [6.45, 7) is 5.42. The molecular formula is C14H20N2O4. The lowest BCUT2D eigenvalue weighted by Crippen LogP contribution is -2.52. The predicted molar refractivity (Wildman–Crippen MR) is 74.7 cm³/mol. The number of benzene rings is 1. The Morgan fingerprint density at radius 2 is 1.75 bits per heavy atom. The molecule has 0 radical (unpaired) electrons. The predicted octanol–water partition coefficient (Wildman–Crippen LogP) is 1.49. The smallest absolute Gasteiger partial charge is 0.326 e. The molecule has 20 heavy (non-hydrogen) atoms. The molecule has 0 spiro atoms. The Bertz CT molecular complexity index is 477. The highest BCUT2D eigenvalue weighted by Gasteiger charge is 2.22. The van der Waals surface area contributed by atoms with Crippen molar-refractivity contribution in [3.63, 3.8) is 0 Å². The van der Waals surface area contributed by atoms with Gasteiger partial charge < -0.3 is 20.8 Å². The van der Waals surface area contributed by atoms with Gasteiger partial charge in [0.1, 0.15) is 11.8 Å². The Balaban J connectivity index is 2.68. The van der Waals surface area contributed by atoms with Crippen LogP contribution in [0.1, 0.15) is 26.3 Å². The zero-order valence-electron chi connectivity index (χ0n) is 11.8. The lowest BCUT2D eigenvalue weighted by Gasteiger charge is -2.23. The standard InChI is InChI=1S/C14H20N2O4/c1-14(2,3)16-13(20)15-11(12(18)19)8-9-4-6-10(17)7-5-9/h4-7,11,17H,8H2,1-3H3,(H,18,19)(H2,15,16,20)/t11-/m0/s1. The zero-order valence-corrected chi connectivity index (χ0v) is 11.8. The average Bonchev–Trinajstić information content (AvgIpc) is 2.28. The molecular weight excluding hydrogens is 260 g/mol. The van der Waals surface area contributed by atoms with Crippen molar-refractivity contribution in [2.24, 2.45) is 0 Å². The Kier molecular flexibility index (Phi) is 4.96. The minimum absolute atomic E-state index is 0.110. The molecule has 0 unspecified atom stereocenters. The maximum atomic E-state index is 11.7. The number of hydrogen-bond donors (Lipinski definition) is 4. The summed E-state index contributed by atoms with van der Waals surface area (Å²) in [4.78, 5) is 22.9. The summed E-state index contributed by atoms with van der Waals surface area (Å²) in [7, 11) is 0. The second-order valence-electron chi connectivity index (χ2n) is 5.61. The van der Waals surface area contributed by atoms with E-state index in [9.17, 15) is 14.7 Å². The van der Waals surface area contributed by atoms with Crippen LogP contribution in [0.5, 0.6) is 5.75 Å². The number of carboxylic acid groups (broad SMARTS) is 1. The van der Waals surface area contributed by atoms with Crippen molar-refractivity contribution in [2.45, 2.75) is 38.8 Å². The number of carbonyl (C=O) groups excluding carboxylic acids is 1. The fourth-order valence-corrected chi connectivity index (χ4v) is 1.60. The molecule has 0 aliphatic carbocycles. The van der Waals surface area contributed by atoms with Crippen LogP contribution >= 0.6 is 0 Å². The molecule has 0 heterocycles. The number of rotatable bonds is 4. The molecule has 0 aromatic heterocycles. The first kappa shape index (κ1) is 15.8. The average molecular weight is 280 g/mol. The zero-order chi connectivity index (χ0) is 15.3. The monoisotopic (exact) mass is 280 g/mol. The highest BCUT2D eigenvalue weighted by Crippen LogP contribution is 2.11. The summed E-state index contributed by atoms with van der Waals surface area (Å²) < 4.78 is 0. The number of carbonyl (C=O) groups is 2. The summed E-state index contributed by atoms with van der Waals surface area (Å²) >= 11 is 0. The van der Waals surface area contributed by atoms with Crippen LogP contribution in [0, 0.1) is 0 Å². The van der Waals surface area contributed by atoms with Crippen molar-refractivity contribution >= 4 is 12.0 Å². The number of nitrogens with one attached hydrogen (secondary N) is 2. The molecule has 0 bridgehead atoms. The Morgan fingerprint density at radius 1 is 1.20 bits per heavy atom. The molecule has 0 saturated heterocycles. The van der Waals surface area contributed by atoms with E-state index in [1.165, 1.54) is 12.1 Å². The molecule has 0 saturated carbocycles. The van der Waals surface area contributed by atoms with Crippen LogP contribution in [0.3, 0.4) is 0 Å². The third-order valence-corrected chi connectivity index (χ3v) is 2.47. The van der Waals surface area contributed by atoms with E-state index < -0.39 is 23.6 Å². The van der Waals surface area contributed by atoms with E-state index in [-0.39, 0.29) is 12.2 Å². The molecule has 6 nitrogen and oxygen atoms in total. The van der Waals surface area contributed by atoms with Crippen LogP contribution in [-0.4, -0.2) is 33.8 Å². The van der Waals surface area contributed by atoms with E-state index in [4.69, 9.17) is 5.11 Å². The van der Waals surface area contributed by atoms with Gasteiger partial charge in [-0.1, -0.05) is 12.1 Å². The van der Waals surface area contributed by atoms with Gasteiger partial charge in [-0.05, 0) is 38.5 Å². The maximum absolute atomic E-state index is 11.7. The molecule has 0 aliphatic rings. The minimum Gasteiger partial charge on any atom is -0.508 e. The van der Waals surface area contributed by atoms with Crippen LogP contribution in [0.2, 0.25) is 0 Å². The quantitative estimate of drug-likeness (QED) is 0.671. The molecule has 1 atom stereocenters. The van der Waals surface area contributed by atoms with Crippen molar-refractivity contribution in [2.75, 3.05) is 0 Å². The SMILES string of the molecule is CC(C)(C)NC(=O)N[C@@H](Cc1ccc(O)cc1)C(=O)O. The normalized spacial score (nSPS) is 12.6. The Labute approximate surface area is 117 Å². The van der Waals surface area contributed by atoms with Gasteiger partial charge in [-0.15, -0.1) is 0 Å². The maximum Gasteiger partial charge on any atom is 0.326 e. The summed E-state index contributed by atoms with van der Waals surface area (Å²) in [6.07, 6.45) is 0.146. The van der Waals surface area contributed by atoms with E-state index in [1.807, 2.05) is 20.8 Å². The van der Waals surface area contributed by atoms with Crippen molar-refractivity contribution in [1.82, 2.24) is 10.6 Å². The topological polar surface area (TPSA) is 98.7 Å². The highest BCUT2D eigenvalue weighted by molar-refractivity contribution is 5.83. The second-order valence-corrected chi connectivity index (χ2v) is 5.61. The summed E-state index contributed by atoms with van der Waals surface area (Å²) in [5, 5.41) is 23.4. The van der Waals surface area contributed by atoms with Crippen molar-refractivity contribution < 1.29 is 19.8 Å². The van der Waals surface area contributed by atoms with Crippen molar-refractivity contribution in [3.8, 4) is 5.75 Å². The van der Waals surface area contributed by atoms with Crippen molar-refractivity contribution in [1.29, 1.82) is 0 Å². The van der Waals surface area contributed by atoms with E-state index in [1.54, 1.807) is 12.1 Å². The van der Waals surface area contributed by atoms with Crippen LogP contribution in [-0.2, 0) is 11.2 Å². The van der Waals surface area contributed by atoms with Crippen LogP contribution in [0.4, 0.5) is 4.79 Å². The molecule has 0 fully saturated rings. The van der Waals surface area contributed by atoms with E-state index in [2.05, 4.69) is 10.6 Å². The van der Waals surface area contributed by atoms with Gasteiger partial charge in [0.2, 0.25) is 0 Å². The number of aliphatic carboxylic acids is 1. The van der Waals surface area contributed by atoms with E-state index in [0.29, 0.717) is 5.56 Å². The number of phenols is 1. The van der Waals surface area contributed by atoms with Gasteiger partial charge in [0, 0.05) is 12.0 Å².